The molecule has 0 unspecified atom stereocenters. The molecule has 1 aliphatic rings. The van der Waals surface area contributed by atoms with E-state index < -0.39 is 5.97 Å². The molecule has 0 aliphatic carbocycles. The standard InChI is InChI=1S/C21H24FN3O4S/c1-2-29-21(28)17-7-12-30-20(17)23-18(26)14-24-8-10-25(11-9-24)19(27)13-15-3-5-16(22)6-4-15/h3-7,12H,2,8-11,13-14H2,1H3,(H,23,26). The number of anilines is 1. The molecule has 0 bridgehead atoms. The van der Waals surface area contributed by atoms with Crippen molar-refractivity contribution in [2.45, 2.75) is 13.3 Å². The molecule has 1 fully saturated rings. The third-order valence-corrected chi connectivity index (χ3v) is 5.60. The molecule has 2 heterocycles. The highest BCUT2D eigenvalue weighted by Gasteiger charge is 2.23. The molecule has 7 nitrogen and oxygen atoms in total. The molecule has 9 heteroatoms. The summed E-state index contributed by atoms with van der Waals surface area (Å²) in [6.45, 7) is 4.40. The van der Waals surface area contributed by atoms with Crippen molar-refractivity contribution >= 4 is 34.1 Å². The third-order valence-electron chi connectivity index (χ3n) is 4.77. The van der Waals surface area contributed by atoms with Gasteiger partial charge in [-0.1, -0.05) is 12.1 Å². The van der Waals surface area contributed by atoms with E-state index in [9.17, 15) is 18.8 Å². The predicted molar refractivity (Wildman–Crippen MR) is 112 cm³/mol. The second-order valence-corrected chi connectivity index (χ2v) is 7.81. The minimum Gasteiger partial charge on any atom is -0.462 e. The van der Waals surface area contributed by atoms with Gasteiger partial charge in [0.05, 0.1) is 25.1 Å². The van der Waals surface area contributed by atoms with Gasteiger partial charge >= 0.3 is 5.97 Å². The Morgan fingerprint density at radius 1 is 1.10 bits per heavy atom. The van der Waals surface area contributed by atoms with Gasteiger partial charge in [0.2, 0.25) is 11.8 Å². The molecular formula is C21H24FN3O4S. The Labute approximate surface area is 178 Å². The maximum Gasteiger partial charge on any atom is 0.341 e. The fourth-order valence-electron chi connectivity index (χ4n) is 3.19. The first-order valence-corrected chi connectivity index (χ1v) is 10.6. The van der Waals surface area contributed by atoms with Crippen LogP contribution < -0.4 is 5.32 Å². The van der Waals surface area contributed by atoms with Crippen molar-refractivity contribution in [2.75, 3.05) is 44.6 Å². The number of benzene rings is 1. The number of carbonyl (C=O) groups is 3. The molecule has 0 saturated carbocycles. The van der Waals surface area contributed by atoms with E-state index >= 15 is 0 Å². The lowest BCUT2D eigenvalue weighted by molar-refractivity contribution is -0.132. The lowest BCUT2D eigenvalue weighted by Crippen LogP contribution is -2.50. The van der Waals surface area contributed by atoms with Crippen LogP contribution in [0.15, 0.2) is 35.7 Å². The summed E-state index contributed by atoms with van der Waals surface area (Å²) in [5.74, 6) is -1.00. The van der Waals surface area contributed by atoms with Gasteiger partial charge in [0.1, 0.15) is 10.8 Å². The molecule has 3 rings (SSSR count). The van der Waals surface area contributed by atoms with Crippen molar-refractivity contribution in [3.63, 3.8) is 0 Å². The zero-order valence-electron chi connectivity index (χ0n) is 16.7. The number of hydrogen-bond acceptors (Lipinski definition) is 6. The van der Waals surface area contributed by atoms with Crippen LogP contribution in [0.1, 0.15) is 22.8 Å². The first-order valence-electron chi connectivity index (χ1n) is 9.75. The van der Waals surface area contributed by atoms with Gasteiger partial charge in [-0.05, 0) is 36.1 Å². The zero-order valence-corrected chi connectivity index (χ0v) is 17.5. The van der Waals surface area contributed by atoms with Crippen molar-refractivity contribution in [3.05, 3.63) is 52.7 Å². The normalized spacial score (nSPS) is 14.4. The van der Waals surface area contributed by atoms with Crippen LogP contribution in [-0.4, -0.2) is 66.9 Å². The SMILES string of the molecule is CCOC(=O)c1ccsc1NC(=O)CN1CCN(C(=O)Cc2ccc(F)cc2)CC1. The first kappa shape index (κ1) is 21.9. The Balaban J connectivity index is 1.45. The minimum absolute atomic E-state index is 0.0108. The smallest absolute Gasteiger partial charge is 0.341 e. The zero-order chi connectivity index (χ0) is 21.5. The number of piperazine rings is 1. The fraction of sp³-hybridized carbons (Fsp3) is 0.381. The van der Waals surface area contributed by atoms with Crippen LogP contribution >= 0.6 is 11.3 Å². The number of nitrogens with one attached hydrogen (secondary N) is 1. The van der Waals surface area contributed by atoms with E-state index in [1.54, 1.807) is 35.4 Å². The summed E-state index contributed by atoms with van der Waals surface area (Å²) in [4.78, 5) is 40.5. The summed E-state index contributed by atoms with van der Waals surface area (Å²) >= 11 is 1.27. The molecule has 1 N–H and O–H groups in total. The van der Waals surface area contributed by atoms with Crippen molar-refractivity contribution in [3.8, 4) is 0 Å². The van der Waals surface area contributed by atoms with Crippen LogP contribution in [0.2, 0.25) is 0 Å². The van der Waals surface area contributed by atoms with Gasteiger partial charge < -0.3 is 15.0 Å². The Kier molecular flexibility index (Phi) is 7.53. The molecule has 0 spiro atoms. The monoisotopic (exact) mass is 433 g/mol. The summed E-state index contributed by atoms with van der Waals surface area (Å²) in [5.41, 5.74) is 1.13. The van der Waals surface area contributed by atoms with Crippen LogP contribution in [0.3, 0.4) is 0 Å². The minimum atomic E-state index is -0.456. The van der Waals surface area contributed by atoms with Gasteiger partial charge in [0.25, 0.3) is 0 Å². The van der Waals surface area contributed by atoms with E-state index in [1.165, 1.54) is 23.5 Å². The van der Waals surface area contributed by atoms with Gasteiger partial charge in [0.15, 0.2) is 0 Å². The van der Waals surface area contributed by atoms with E-state index in [1.807, 2.05) is 4.90 Å². The second-order valence-electron chi connectivity index (χ2n) is 6.89. The number of amides is 2. The first-order chi connectivity index (χ1) is 14.5. The summed E-state index contributed by atoms with van der Waals surface area (Å²) in [6.07, 6.45) is 0.232. The molecule has 0 radical (unpaired) electrons. The molecule has 0 atom stereocenters. The maximum atomic E-state index is 13.0. The Morgan fingerprint density at radius 2 is 1.80 bits per heavy atom. The van der Waals surface area contributed by atoms with E-state index in [0.29, 0.717) is 36.7 Å². The molecule has 1 aliphatic heterocycles. The number of halogens is 1. The Morgan fingerprint density at radius 3 is 2.47 bits per heavy atom. The number of hydrogen-bond donors (Lipinski definition) is 1. The highest BCUT2D eigenvalue weighted by molar-refractivity contribution is 7.14. The highest BCUT2D eigenvalue weighted by atomic mass is 32.1. The molecule has 160 valence electrons. The van der Waals surface area contributed by atoms with Crippen molar-refractivity contribution in [1.82, 2.24) is 9.80 Å². The third kappa shape index (κ3) is 5.87. The van der Waals surface area contributed by atoms with E-state index in [0.717, 1.165) is 5.56 Å². The molecule has 1 aromatic heterocycles. The summed E-state index contributed by atoms with van der Waals surface area (Å²) in [6, 6.07) is 7.55. The number of ether oxygens (including phenoxy) is 1. The largest absolute Gasteiger partial charge is 0.462 e. The molecule has 1 aromatic carbocycles. The molecule has 2 aromatic rings. The molecular weight excluding hydrogens is 409 g/mol. The van der Waals surface area contributed by atoms with Gasteiger partial charge in [-0.3, -0.25) is 14.5 Å². The van der Waals surface area contributed by atoms with E-state index in [4.69, 9.17) is 4.74 Å². The number of nitrogens with zero attached hydrogens (tertiary/aromatic N) is 2. The number of rotatable bonds is 7. The van der Waals surface area contributed by atoms with Crippen LogP contribution in [0.5, 0.6) is 0 Å². The predicted octanol–water partition coefficient (Wildman–Crippen LogP) is 2.39. The quantitative estimate of drug-likeness (QED) is 0.679. The summed E-state index contributed by atoms with van der Waals surface area (Å²) < 4.78 is 18.0. The fourth-order valence-corrected chi connectivity index (χ4v) is 3.98. The summed E-state index contributed by atoms with van der Waals surface area (Å²) in [7, 11) is 0. The lowest BCUT2D eigenvalue weighted by atomic mass is 10.1. The van der Waals surface area contributed by atoms with Crippen LogP contribution in [0.25, 0.3) is 0 Å². The van der Waals surface area contributed by atoms with Crippen LogP contribution in [0.4, 0.5) is 9.39 Å². The van der Waals surface area contributed by atoms with Gasteiger partial charge in [-0.25, -0.2) is 9.18 Å². The van der Waals surface area contributed by atoms with Gasteiger partial charge in [-0.2, -0.15) is 0 Å². The number of esters is 1. The molecule has 2 amide bonds. The van der Waals surface area contributed by atoms with Crippen molar-refractivity contribution < 1.29 is 23.5 Å². The summed E-state index contributed by atoms with van der Waals surface area (Å²) in [5, 5.41) is 4.98. The molecule has 30 heavy (non-hydrogen) atoms. The average molecular weight is 434 g/mol. The van der Waals surface area contributed by atoms with Crippen LogP contribution in [0, 0.1) is 5.82 Å². The van der Waals surface area contributed by atoms with Crippen molar-refractivity contribution in [2.24, 2.45) is 0 Å². The van der Waals surface area contributed by atoms with Crippen molar-refractivity contribution in [1.29, 1.82) is 0 Å². The van der Waals surface area contributed by atoms with E-state index in [-0.39, 0.29) is 37.2 Å². The van der Waals surface area contributed by atoms with Gasteiger partial charge in [-0.15, -0.1) is 11.3 Å². The van der Waals surface area contributed by atoms with Crippen LogP contribution in [-0.2, 0) is 20.7 Å². The molecule has 1 saturated heterocycles. The van der Waals surface area contributed by atoms with Gasteiger partial charge in [0, 0.05) is 26.2 Å². The number of thiophene rings is 1. The maximum absolute atomic E-state index is 13.0. The number of carbonyl (C=O) groups excluding carboxylic acids is 3. The second kappa shape index (κ2) is 10.3. The highest BCUT2D eigenvalue weighted by Crippen LogP contribution is 2.24. The van der Waals surface area contributed by atoms with E-state index in [2.05, 4.69) is 5.32 Å². The average Bonchev–Trinajstić information content (AvgIpc) is 3.18. The Hall–Kier alpha value is -2.78. The lowest BCUT2D eigenvalue weighted by Gasteiger charge is -2.34. The topological polar surface area (TPSA) is 79.0 Å². The Bertz CT molecular complexity index is 892.